The zero-order valence-corrected chi connectivity index (χ0v) is 11.5. The molecule has 0 N–H and O–H groups in total. The fourth-order valence-corrected chi connectivity index (χ4v) is 0.908. The summed E-state index contributed by atoms with van der Waals surface area (Å²) in [6, 6.07) is 0. The van der Waals surface area contributed by atoms with Crippen LogP contribution < -0.4 is 0 Å². The smallest absolute Gasteiger partial charge is 0.330 e. The normalized spacial score (nSPS) is 12.2. The molecule has 17 heavy (non-hydrogen) atoms. The van der Waals surface area contributed by atoms with Crippen molar-refractivity contribution in [1.29, 1.82) is 0 Å². The number of esters is 2. The maximum absolute atomic E-state index is 11.6. The van der Waals surface area contributed by atoms with Crippen molar-refractivity contribution < 1.29 is 19.1 Å². The van der Waals surface area contributed by atoms with Crippen molar-refractivity contribution in [1.82, 2.24) is 0 Å². The highest BCUT2D eigenvalue weighted by molar-refractivity contribution is 5.81. The molecule has 0 unspecified atom stereocenters. The highest BCUT2D eigenvalue weighted by atomic mass is 16.6. The van der Waals surface area contributed by atoms with Gasteiger partial charge in [0.05, 0.1) is 5.92 Å². The Labute approximate surface area is 103 Å². The van der Waals surface area contributed by atoms with Gasteiger partial charge in [-0.25, -0.2) is 4.79 Å². The summed E-state index contributed by atoms with van der Waals surface area (Å²) >= 11 is 0. The first-order chi connectivity index (χ1) is 7.53. The highest BCUT2D eigenvalue weighted by Crippen LogP contribution is 2.30. The lowest BCUT2D eigenvalue weighted by Crippen LogP contribution is -2.51. The molecule has 0 aliphatic heterocycles. The molecule has 0 spiro atoms. The Kier molecular flexibility index (Phi) is 4.93. The molecule has 0 amide bonds. The molecule has 0 radical (unpaired) electrons. The van der Waals surface area contributed by atoms with Gasteiger partial charge in [-0.05, 0) is 27.7 Å². The third kappa shape index (κ3) is 4.21. The summed E-state index contributed by atoms with van der Waals surface area (Å²) in [5.41, 5.74) is -1.84. The topological polar surface area (TPSA) is 52.6 Å². The number of hydrogen-bond acceptors (Lipinski definition) is 4. The van der Waals surface area contributed by atoms with Crippen molar-refractivity contribution in [2.75, 3.05) is 0 Å². The van der Waals surface area contributed by atoms with E-state index in [1.54, 1.807) is 41.5 Å². The molecule has 0 atom stereocenters. The molecule has 4 nitrogen and oxygen atoms in total. The van der Waals surface area contributed by atoms with Crippen LogP contribution in [0.2, 0.25) is 0 Å². The SMILES string of the molecule is C=CC(=O)OC(C)(C)C(C)(C)OC(=O)C(C)C. The molecule has 0 aliphatic carbocycles. The van der Waals surface area contributed by atoms with Gasteiger partial charge < -0.3 is 9.47 Å². The summed E-state index contributed by atoms with van der Waals surface area (Å²) in [6.45, 7) is 13.7. The standard InChI is InChI=1S/C13H22O4/c1-8-10(14)16-12(4,5)13(6,7)17-11(15)9(2)3/h8-9H,1H2,2-7H3. The Hall–Kier alpha value is -1.32. The van der Waals surface area contributed by atoms with Crippen molar-refractivity contribution in [2.45, 2.75) is 52.7 Å². The van der Waals surface area contributed by atoms with Gasteiger partial charge >= 0.3 is 11.9 Å². The van der Waals surface area contributed by atoms with Gasteiger partial charge in [-0.3, -0.25) is 4.79 Å². The van der Waals surface area contributed by atoms with E-state index < -0.39 is 17.2 Å². The lowest BCUT2D eigenvalue weighted by Gasteiger charge is -2.40. The van der Waals surface area contributed by atoms with E-state index in [0.717, 1.165) is 6.08 Å². The Morgan fingerprint density at radius 1 is 1.06 bits per heavy atom. The first-order valence-corrected chi connectivity index (χ1v) is 5.62. The fourth-order valence-electron chi connectivity index (χ4n) is 0.908. The Morgan fingerprint density at radius 2 is 1.47 bits per heavy atom. The van der Waals surface area contributed by atoms with Crippen molar-refractivity contribution in [3.63, 3.8) is 0 Å². The van der Waals surface area contributed by atoms with E-state index in [0.29, 0.717) is 0 Å². The monoisotopic (exact) mass is 242 g/mol. The zero-order valence-electron chi connectivity index (χ0n) is 11.5. The van der Waals surface area contributed by atoms with Crippen LogP contribution >= 0.6 is 0 Å². The lowest BCUT2D eigenvalue weighted by molar-refractivity contribution is -0.198. The van der Waals surface area contributed by atoms with Crippen LogP contribution in [0.25, 0.3) is 0 Å². The molecule has 0 rings (SSSR count). The van der Waals surface area contributed by atoms with Crippen LogP contribution in [-0.2, 0) is 19.1 Å². The molecule has 0 saturated carbocycles. The van der Waals surface area contributed by atoms with Gasteiger partial charge in [-0.15, -0.1) is 0 Å². The molecular formula is C13H22O4. The molecule has 0 aromatic heterocycles. The van der Waals surface area contributed by atoms with Crippen LogP contribution in [0.15, 0.2) is 12.7 Å². The summed E-state index contributed by atoms with van der Waals surface area (Å²) in [5, 5.41) is 0. The van der Waals surface area contributed by atoms with Gasteiger partial charge in [-0.1, -0.05) is 20.4 Å². The molecule has 0 fully saturated rings. The van der Waals surface area contributed by atoms with Gasteiger partial charge in [0.1, 0.15) is 11.2 Å². The molecule has 0 saturated heterocycles. The van der Waals surface area contributed by atoms with Gasteiger partial charge in [0, 0.05) is 6.08 Å². The fraction of sp³-hybridized carbons (Fsp3) is 0.692. The second-order valence-electron chi connectivity index (χ2n) is 5.22. The summed E-state index contributed by atoms with van der Waals surface area (Å²) in [5.74, 6) is -1.08. The van der Waals surface area contributed by atoms with E-state index in [1.807, 2.05) is 0 Å². The number of carbonyl (C=O) groups excluding carboxylic acids is 2. The average Bonchev–Trinajstić information content (AvgIpc) is 2.15. The first kappa shape index (κ1) is 15.7. The van der Waals surface area contributed by atoms with E-state index in [1.165, 1.54) is 0 Å². The van der Waals surface area contributed by atoms with Gasteiger partial charge in [0.25, 0.3) is 0 Å². The van der Waals surface area contributed by atoms with E-state index in [9.17, 15) is 9.59 Å². The van der Waals surface area contributed by atoms with E-state index in [4.69, 9.17) is 9.47 Å². The van der Waals surface area contributed by atoms with Gasteiger partial charge in [0.15, 0.2) is 0 Å². The van der Waals surface area contributed by atoms with Crippen LogP contribution in [0.5, 0.6) is 0 Å². The molecule has 0 aliphatic rings. The van der Waals surface area contributed by atoms with Crippen LogP contribution in [-0.4, -0.2) is 23.1 Å². The Morgan fingerprint density at radius 3 is 1.82 bits per heavy atom. The summed E-state index contributed by atoms with van der Waals surface area (Å²) in [7, 11) is 0. The maximum atomic E-state index is 11.6. The van der Waals surface area contributed by atoms with E-state index in [-0.39, 0.29) is 11.9 Å². The van der Waals surface area contributed by atoms with Crippen molar-refractivity contribution >= 4 is 11.9 Å². The largest absolute Gasteiger partial charge is 0.455 e. The number of hydrogen-bond donors (Lipinski definition) is 0. The first-order valence-electron chi connectivity index (χ1n) is 5.62. The van der Waals surface area contributed by atoms with Gasteiger partial charge in [0.2, 0.25) is 0 Å². The second kappa shape index (κ2) is 5.34. The summed E-state index contributed by atoms with van der Waals surface area (Å²) < 4.78 is 10.6. The third-order valence-electron chi connectivity index (χ3n) is 2.80. The maximum Gasteiger partial charge on any atom is 0.330 e. The van der Waals surface area contributed by atoms with Crippen LogP contribution in [0, 0.1) is 5.92 Å². The summed E-state index contributed by atoms with van der Waals surface area (Å²) in [4.78, 5) is 22.8. The summed E-state index contributed by atoms with van der Waals surface area (Å²) in [6.07, 6.45) is 1.09. The predicted octanol–water partition coefficient (Wildman–Crippen LogP) is 2.47. The molecule has 0 aromatic rings. The van der Waals surface area contributed by atoms with Crippen molar-refractivity contribution in [2.24, 2.45) is 5.92 Å². The molecule has 0 heterocycles. The van der Waals surface area contributed by atoms with E-state index in [2.05, 4.69) is 6.58 Å². The van der Waals surface area contributed by atoms with Crippen molar-refractivity contribution in [3.05, 3.63) is 12.7 Å². The molecule has 0 aromatic carbocycles. The van der Waals surface area contributed by atoms with Crippen molar-refractivity contribution in [3.8, 4) is 0 Å². The minimum Gasteiger partial charge on any atom is -0.455 e. The average molecular weight is 242 g/mol. The molecular weight excluding hydrogens is 220 g/mol. The minimum atomic E-state index is -0.928. The lowest BCUT2D eigenvalue weighted by atomic mass is 9.89. The van der Waals surface area contributed by atoms with Crippen LogP contribution in [0.1, 0.15) is 41.5 Å². The van der Waals surface area contributed by atoms with Crippen LogP contribution in [0.4, 0.5) is 0 Å². The van der Waals surface area contributed by atoms with E-state index >= 15 is 0 Å². The third-order valence-corrected chi connectivity index (χ3v) is 2.80. The number of rotatable bonds is 5. The number of carbonyl (C=O) groups is 2. The minimum absolute atomic E-state index is 0.222. The molecule has 4 heteroatoms. The van der Waals surface area contributed by atoms with Gasteiger partial charge in [-0.2, -0.15) is 0 Å². The second-order valence-corrected chi connectivity index (χ2v) is 5.22. The quantitative estimate of drug-likeness (QED) is 0.549. The molecule has 0 bridgehead atoms. The Bertz CT molecular complexity index is 313. The highest BCUT2D eigenvalue weighted by Gasteiger charge is 2.43. The van der Waals surface area contributed by atoms with Crippen LogP contribution in [0.3, 0.4) is 0 Å². The zero-order chi connectivity index (χ0) is 13.9. The molecule has 98 valence electrons. The Balaban J connectivity index is 4.83. The predicted molar refractivity (Wildman–Crippen MR) is 65.4 cm³/mol. The number of ether oxygens (including phenoxy) is 2.